The molecule has 0 amide bonds. The van der Waals surface area contributed by atoms with Crippen molar-refractivity contribution in [3.05, 3.63) is 53.9 Å². The zero-order valence-corrected chi connectivity index (χ0v) is 20.2. The molecule has 32 heavy (non-hydrogen) atoms. The Morgan fingerprint density at radius 2 is 1.91 bits per heavy atom. The lowest BCUT2D eigenvalue weighted by Gasteiger charge is -2.31. The van der Waals surface area contributed by atoms with Gasteiger partial charge in [0.25, 0.3) is 0 Å². The molecule has 7 heteroatoms. The van der Waals surface area contributed by atoms with E-state index in [2.05, 4.69) is 53.3 Å². The molecule has 0 bridgehead atoms. The Morgan fingerprint density at radius 3 is 2.53 bits per heavy atom. The fourth-order valence-electron chi connectivity index (χ4n) is 3.68. The van der Waals surface area contributed by atoms with Gasteiger partial charge in [0.05, 0.1) is 16.9 Å². The Labute approximate surface area is 194 Å². The molecule has 3 aromatic rings. The van der Waals surface area contributed by atoms with Crippen molar-refractivity contribution in [3.63, 3.8) is 0 Å². The van der Waals surface area contributed by atoms with Crippen LogP contribution in [0, 0.1) is 18.8 Å². The number of carboxylic acids is 1. The van der Waals surface area contributed by atoms with E-state index in [9.17, 15) is 9.90 Å². The number of hydrogen-bond donors (Lipinski definition) is 2. The topological polar surface area (TPSA) is 78.4 Å². The molecule has 1 atom stereocenters. The van der Waals surface area contributed by atoms with Crippen molar-refractivity contribution < 1.29 is 9.90 Å². The molecule has 6 nitrogen and oxygen atoms in total. The highest BCUT2D eigenvalue weighted by Crippen LogP contribution is 2.36. The summed E-state index contributed by atoms with van der Waals surface area (Å²) in [5, 5.41) is 13.8. The van der Waals surface area contributed by atoms with Crippen molar-refractivity contribution in [3.8, 4) is 11.1 Å². The molecule has 1 unspecified atom stereocenters. The fourth-order valence-corrected chi connectivity index (χ4v) is 4.27. The quantitative estimate of drug-likeness (QED) is 0.367. The van der Waals surface area contributed by atoms with E-state index in [1.165, 1.54) is 11.5 Å². The largest absolute Gasteiger partial charge is 0.478 e. The third kappa shape index (κ3) is 5.85. The number of aromatic nitrogens is 2. The lowest BCUT2D eigenvalue weighted by atomic mass is 9.98. The van der Waals surface area contributed by atoms with E-state index in [1.54, 1.807) is 12.1 Å². The number of nitrogens with zero attached hydrogens (tertiary/aromatic N) is 3. The van der Waals surface area contributed by atoms with Gasteiger partial charge in [0, 0.05) is 24.6 Å². The zero-order chi connectivity index (χ0) is 23.3. The molecule has 1 aromatic heterocycles. The number of rotatable bonds is 10. The van der Waals surface area contributed by atoms with E-state index < -0.39 is 5.97 Å². The minimum absolute atomic E-state index is 0.289. The maximum Gasteiger partial charge on any atom is 0.336 e. The van der Waals surface area contributed by atoms with Crippen molar-refractivity contribution in [2.24, 2.45) is 11.8 Å². The molecule has 0 aliphatic carbocycles. The van der Waals surface area contributed by atoms with Crippen molar-refractivity contribution in [2.75, 3.05) is 23.3 Å². The van der Waals surface area contributed by atoms with Gasteiger partial charge in [-0.15, -0.1) is 0 Å². The van der Waals surface area contributed by atoms with Gasteiger partial charge < -0.3 is 15.3 Å². The molecule has 0 aliphatic heterocycles. The highest BCUT2D eigenvalue weighted by atomic mass is 32.1. The summed E-state index contributed by atoms with van der Waals surface area (Å²) in [5.41, 5.74) is 3.83. The number of carbonyl (C=O) groups is 1. The van der Waals surface area contributed by atoms with E-state index in [-0.39, 0.29) is 5.56 Å². The fraction of sp³-hybridized carbons (Fsp3) is 0.400. The van der Waals surface area contributed by atoms with Gasteiger partial charge in [-0.3, -0.25) is 0 Å². The molecule has 3 rings (SSSR count). The monoisotopic (exact) mass is 452 g/mol. The zero-order valence-electron chi connectivity index (χ0n) is 19.4. The van der Waals surface area contributed by atoms with Crippen LogP contribution >= 0.6 is 11.5 Å². The predicted molar refractivity (Wildman–Crippen MR) is 133 cm³/mol. The number of carboxylic acid groups (broad SMARTS) is 1. The molecule has 1 heterocycles. The first-order chi connectivity index (χ1) is 15.3. The summed E-state index contributed by atoms with van der Waals surface area (Å²) in [5.74, 6) is 0.850. The maximum atomic E-state index is 11.8. The van der Waals surface area contributed by atoms with Crippen LogP contribution in [0.5, 0.6) is 0 Å². The van der Waals surface area contributed by atoms with Crippen LogP contribution in [0.3, 0.4) is 0 Å². The van der Waals surface area contributed by atoms with Gasteiger partial charge >= 0.3 is 5.97 Å². The molecule has 0 saturated heterocycles. The maximum absolute atomic E-state index is 11.8. The molecular weight excluding hydrogens is 420 g/mol. The van der Waals surface area contributed by atoms with Crippen molar-refractivity contribution >= 4 is 34.0 Å². The average Bonchev–Trinajstić information content (AvgIpc) is 3.17. The summed E-state index contributed by atoms with van der Waals surface area (Å²) in [6.07, 6.45) is 1.11. The first-order valence-corrected chi connectivity index (χ1v) is 11.8. The Kier molecular flexibility index (Phi) is 7.85. The third-order valence-electron chi connectivity index (χ3n) is 5.39. The Hall–Kier alpha value is -2.93. The summed E-state index contributed by atoms with van der Waals surface area (Å²) in [7, 11) is 0. The van der Waals surface area contributed by atoms with Gasteiger partial charge in [-0.05, 0) is 48.1 Å². The summed E-state index contributed by atoms with van der Waals surface area (Å²) in [6, 6.07) is 13.2. The molecule has 0 aliphatic rings. The van der Waals surface area contributed by atoms with Gasteiger partial charge in [-0.1, -0.05) is 58.4 Å². The van der Waals surface area contributed by atoms with Crippen LogP contribution in [-0.4, -0.2) is 33.5 Å². The summed E-state index contributed by atoms with van der Waals surface area (Å²) < 4.78 is 4.29. The van der Waals surface area contributed by atoms with E-state index >= 15 is 0 Å². The van der Waals surface area contributed by atoms with Gasteiger partial charge in [0.2, 0.25) is 5.13 Å². The standard InChI is InChI=1S/C25H32N4O2S/c1-6-17(4)15-29(14-16(2)3)23-12-11-19(20-9-7-8-10-21(20)24(30)31)13-22(23)27-25-26-18(5)28-32-25/h7-13,16-17H,6,14-15H2,1-5H3,(H,30,31)(H,26,27,28). The van der Waals surface area contributed by atoms with E-state index in [0.717, 1.165) is 47.4 Å². The Morgan fingerprint density at radius 1 is 1.16 bits per heavy atom. The highest BCUT2D eigenvalue weighted by molar-refractivity contribution is 7.09. The molecule has 0 radical (unpaired) electrons. The summed E-state index contributed by atoms with van der Waals surface area (Å²) in [6.45, 7) is 12.7. The minimum Gasteiger partial charge on any atom is -0.478 e. The van der Waals surface area contributed by atoms with E-state index in [1.807, 2.05) is 31.2 Å². The number of hydrogen-bond acceptors (Lipinski definition) is 6. The number of aromatic carboxylic acids is 1. The normalized spacial score (nSPS) is 12.1. The molecule has 170 valence electrons. The van der Waals surface area contributed by atoms with Crippen LogP contribution in [0.25, 0.3) is 11.1 Å². The lowest BCUT2D eigenvalue weighted by molar-refractivity contribution is 0.0697. The Balaban J connectivity index is 2.10. The second-order valence-corrected chi connectivity index (χ2v) is 9.42. The van der Waals surface area contributed by atoms with Crippen LogP contribution in [0.1, 0.15) is 50.3 Å². The summed E-state index contributed by atoms with van der Waals surface area (Å²) in [4.78, 5) is 18.7. The minimum atomic E-state index is -0.933. The smallest absolute Gasteiger partial charge is 0.336 e. The van der Waals surface area contributed by atoms with Crippen LogP contribution in [-0.2, 0) is 0 Å². The predicted octanol–water partition coefficient (Wildman–Crippen LogP) is 6.46. The molecule has 2 N–H and O–H groups in total. The van der Waals surface area contributed by atoms with Crippen LogP contribution in [0.2, 0.25) is 0 Å². The molecule has 0 spiro atoms. The van der Waals surface area contributed by atoms with Crippen molar-refractivity contribution in [1.29, 1.82) is 0 Å². The number of anilines is 3. The summed E-state index contributed by atoms with van der Waals surface area (Å²) >= 11 is 1.32. The van der Waals surface area contributed by atoms with Crippen molar-refractivity contribution in [1.82, 2.24) is 9.36 Å². The molecule has 2 aromatic carbocycles. The number of benzene rings is 2. The van der Waals surface area contributed by atoms with Gasteiger partial charge in [0.15, 0.2) is 0 Å². The van der Waals surface area contributed by atoms with Gasteiger partial charge in [-0.2, -0.15) is 4.37 Å². The molecule has 0 fully saturated rings. The molecular formula is C25H32N4O2S. The van der Waals surface area contributed by atoms with Crippen LogP contribution < -0.4 is 10.2 Å². The first-order valence-electron chi connectivity index (χ1n) is 11.1. The van der Waals surface area contributed by atoms with Crippen LogP contribution in [0.15, 0.2) is 42.5 Å². The first kappa shape index (κ1) is 23.7. The SMILES string of the molecule is CCC(C)CN(CC(C)C)c1ccc(-c2ccccc2C(=O)O)cc1Nc1nc(C)ns1. The second-order valence-electron chi connectivity index (χ2n) is 8.67. The molecule has 0 saturated carbocycles. The number of aryl methyl sites for hydroxylation is 1. The average molecular weight is 453 g/mol. The lowest BCUT2D eigenvalue weighted by Crippen LogP contribution is -2.32. The number of nitrogens with one attached hydrogen (secondary N) is 1. The van der Waals surface area contributed by atoms with Gasteiger partial charge in [0.1, 0.15) is 5.82 Å². The third-order valence-corrected chi connectivity index (χ3v) is 6.11. The van der Waals surface area contributed by atoms with Crippen molar-refractivity contribution in [2.45, 2.75) is 41.0 Å². The highest BCUT2D eigenvalue weighted by Gasteiger charge is 2.19. The van der Waals surface area contributed by atoms with E-state index in [0.29, 0.717) is 17.4 Å². The van der Waals surface area contributed by atoms with Gasteiger partial charge in [-0.25, -0.2) is 9.78 Å². The van der Waals surface area contributed by atoms with E-state index in [4.69, 9.17) is 0 Å². The van der Waals surface area contributed by atoms with Crippen LogP contribution in [0.4, 0.5) is 16.5 Å². The second kappa shape index (κ2) is 10.6. The Bertz CT molecular complexity index is 1060.